The van der Waals surface area contributed by atoms with Gasteiger partial charge >= 0.3 is 0 Å². The Labute approximate surface area is 97.7 Å². The minimum atomic E-state index is 0.548. The molecule has 4 heteroatoms. The van der Waals surface area contributed by atoms with Crippen LogP contribution in [0.2, 0.25) is 0 Å². The van der Waals surface area contributed by atoms with Gasteiger partial charge in [-0.3, -0.25) is 5.43 Å². The van der Waals surface area contributed by atoms with E-state index in [1.165, 1.54) is 32.1 Å². The molecule has 1 N–H and O–H groups in total. The number of hydrogen-bond donors (Lipinski definition) is 1. The molecular weight excluding hydrogens is 200 g/mol. The first-order valence-corrected chi connectivity index (χ1v) is 6.08. The van der Waals surface area contributed by atoms with Crippen LogP contribution >= 0.6 is 0 Å². The van der Waals surface area contributed by atoms with Crippen LogP contribution in [-0.4, -0.2) is 14.9 Å². The first kappa shape index (κ1) is 12.7. The number of nitrogens with zero attached hydrogens (tertiary/aromatic N) is 3. The monoisotopic (exact) mass is 222 g/mol. The molecule has 0 aliphatic rings. The van der Waals surface area contributed by atoms with Gasteiger partial charge in [0, 0.05) is 5.70 Å². The summed E-state index contributed by atoms with van der Waals surface area (Å²) in [5.41, 5.74) is 4.28. The summed E-state index contributed by atoms with van der Waals surface area (Å²) in [6.07, 6.45) is 9.37. The largest absolute Gasteiger partial charge is 0.296 e. The number of unbranched alkanes of at least 4 members (excludes halogenated alkanes) is 1. The van der Waals surface area contributed by atoms with Crippen molar-refractivity contribution in [2.24, 2.45) is 5.92 Å². The highest BCUT2D eigenvalue weighted by Crippen LogP contribution is 2.21. The molecule has 16 heavy (non-hydrogen) atoms. The zero-order valence-electron chi connectivity index (χ0n) is 10.3. The van der Waals surface area contributed by atoms with Gasteiger partial charge < -0.3 is 0 Å². The molecule has 0 aliphatic carbocycles. The lowest BCUT2D eigenvalue weighted by atomic mass is 9.94. The van der Waals surface area contributed by atoms with Gasteiger partial charge in [-0.15, -0.1) is 10.2 Å². The third-order valence-corrected chi connectivity index (χ3v) is 2.73. The van der Waals surface area contributed by atoms with E-state index in [9.17, 15) is 0 Å². The Kier molecular flexibility index (Phi) is 5.61. The van der Waals surface area contributed by atoms with Crippen molar-refractivity contribution in [3.05, 3.63) is 24.9 Å². The van der Waals surface area contributed by atoms with Crippen molar-refractivity contribution in [1.82, 2.24) is 14.9 Å². The van der Waals surface area contributed by atoms with Crippen molar-refractivity contribution in [3.63, 3.8) is 0 Å². The molecule has 0 amide bonds. The van der Waals surface area contributed by atoms with Crippen molar-refractivity contribution in [1.29, 1.82) is 0 Å². The maximum Gasteiger partial charge on any atom is 0.139 e. The number of nitrogens with one attached hydrogen (secondary N) is 1. The first-order valence-electron chi connectivity index (χ1n) is 6.08. The Balaban J connectivity index is 2.46. The lowest BCUT2D eigenvalue weighted by molar-refractivity contribution is 0.484. The topological polar surface area (TPSA) is 42.7 Å². The molecule has 1 heterocycles. The SMILES string of the molecule is C=C(Nn1cnnc1)C(CCC)CCCC. The molecule has 0 saturated carbocycles. The maximum atomic E-state index is 4.11. The molecular formula is C12H22N4. The summed E-state index contributed by atoms with van der Waals surface area (Å²) < 4.78 is 1.75. The third-order valence-electron chi connectivity index (χ3n) is 2.73. The average Bonchev–Trinajstić information content (AvgIpc) is 2.76. The zero-order chi connectivity index (χ0) is 11.8. The van der Waals surface area contributed by atoms with Crippen LogP contribution in [0.3, 0.4) is 0 Å². The lowest BCUT2D eigenvalue weighted by Gasteiger charge is -2.20. The van der Waals surface area contributed by atoms with Crippen molar-refractivity contribution in [3.8, 4) is 0 Å². The summed E-state index contributed by atoms with van der Waals surface area (Å²) in [5.74, 6) is 0.548. The molecule has 90 valence electrons. The van der Waals surface area contributed by atoms with Crippen molar-refractivity contribution < 1.29 is 0 Å². The lowest BCUT2D eigenvalue weighted by Crippen LogP contribution is -2.18. The molecule has 1 atom stereocenters. The normalized spacial score (nSPS) is 12.4. The van der Waals surface area contributed by atoms with Crippen LogP contribution < -0.4 is 5.43 Å². The van der Waals surface area contributed by atoms with E-state index in [1.54, 1.807) is 17.3 Å². The van der Waals surface area contributed by atoms with Crippen LogP contribution in [0.25, 0.3) is 0 Å². The molecule has 1 unspecified atom stereocenters. The van der Waals surface area contributed by atoms with Gasteiger partial charge in [0.1, 0.15) is 12.7 Å². The average molecular weight is 222 g/mol. The predicted octanol–water partition coefficient (Wildman–Crippen LogP) is 2.94. The summed E-state index contributed by atoms with van der Waals surface area (Å²) in [4.78, 5) is 0. The highest BCUT2D eigenvalue weighted by molar-refractivity contribution is 5.08. The second-order valence-corrected chi connectivity index (χ2v) is 4.13. The fraction of sp³-hybridized carbons (Fsp3) is 0.667. The third kappa shape index (κ3) is 4.04. The van der Waals surface area contributed by atoms with Crippen LogP contribution in [0.5, 0.6) is 0 Å². The number of allylic oxidation sites excluding steroid dienone is 1. The summed E-state index contributed by atoms with van der Waals surface area (Å²) in [7, 11) is 0. The number of aromatic nitrogens is 3. The molecule has 0 fully saturated rings. The van der Waals surface area contributed by atoms with Gasteiger partial charge in [-0.2, -0.15) is 0 Å². The van der Waals surface area contributed by atoms with Gasteiger partial charge in [0.25, 0.3) is 0 Å². The van der Waals surface area contributed by atoms with E-state index in [0.29, 0.717) is 5.92 Å². The van der Waals surface area contributed by atoms with Crippen LogP contribution in [0.15, 0.2) is 24.9 Å². The Morgan fingerprint density at radius 2 is 1.94 bits per heavy atom. The van der Waals surface area contributed by atoms with Gasteiger partial charge in [-0.25, -0.2) is 4.68 Å². The molecule has 0 aromatic carbocycles. The summed E-state index contributed by atoms with van der Waals surface area (Å²) in [5, 5.41) is 7.50. The van der Waals surface area contributed by atoms with Gasteiger partial charge in [0.05, 0.1) is 0 Å². The molecule has 0 spiro atoms. The predicted molar refractivity (Wildman–Crippen MR) is 66.4 cm³/mol. The minimum Gasteiger partial charge on any atom is -0.296 e. The van der Waals surface area contributed by atoms with Crippen molar-refractivity contribution >= 4 is 0 Å². The second-order valence-electron chi connectivity index (χ2n) is 4.13. The molecule has 0 aliphatic heterocycles. The van der Waals surface area contributed by atoms with Crippen LogP contribution in [0, 0.1) is 5.92 Å². The summed E-state index contributed by atoms with van der Waals surface area (Å²) >= 11 is 0. The number of hydrogen-bond acceptors (Lipinski definition) is 3. The fourth-order valence-electron chi connectivity index (χ4n) is 1.81. The Bertz CT molecular complexity index is 292. The van der Waals surface area contributed by atoms with Crippen LogP contribution in [-0.2, 0) is 0 Å². The number of rotatable bonds is 8. The molecule has 0 saturated heterocycles. The van der Waals surface area contributed by atoms with Gasteiger partial charge in [0.2, 0.25) is 0 Å². The maximum absolute atomic E-state index is 4.11. The minimum absolute atomic E-state index is 0.548. The Hall–Kier alpha value is -1.32. The standard InChI is InChI=1S/C12H22N4/c1-4-6-8-12(7-5-2)11(3)15-16-9-13-14-10-16/h9-10,12,15H,3-8H2,1-2H3. The van der Waals surface area contributed by atoms with E-state index in [-0.39, 0.29) is 0 Å². The molecule has 1 aromatic rings. The van der Waals surface area contributed by atoms with E-state index in [0.717, 1.165) is 5.70 Å². The van der Waals surface area contributed by atoms with Gasteiger partial charge in [0.15, 0.2) is 0 Å². The van der Waals surface area contributed by atoms with E-state index in [1.807, 2.05) is 0 Å². The Morgan fingerprint density at radius 1 is 1.25 bits per heavy atom. The van der Waals surface area contributed by atoms with Gasteiger partial charge in [-0.1, -0.05) is 39.7 Å². The van der Waals surface area contributed by atoms with E-state index < -0.39 is 0 Å². The van der Waals surface area contributed by atoms with Crippen LogP contribution in [0.1, 0.15) is 46.0 Å². The van der Waals surface area contributed by atoms with Crippen molar-refractivity contribution in [2.45, 2.75) is 46.0 Å². The summed E-state index contributed by atoms with van der Waals surface area (Å²) in [6, 6.07) is 0. The van der Waals surface area contributed by atoms with E-state index in [4.69, 9.17) is 0 Å². The van der Waals surface area contributed by atoms with Crippen LogP contribution in [0.4, 0.5) is 0 Å². The molecule has 0 radical (unpaired) electrons. The van der Waals surface area contributed by atoms with E-state index >= 15 is 0 Å². The second kappa shape index (κ2) is 7.04. The summed E-state index contributed by atoms with van der Waals surface area (Å²) in [6.45, 7) is 8.55. The van der Waals surface area contributed by atoms with E-state index in [2.05, 4.69) is 36.0 Å². The van der Waals surface area contributed by atoms with Crippen molar-refractivity contribution in [2.75, 3.05) is 5.43 Å². The molecule has 4 nitrogen and oxygen atoms in total. The zero-order valence-corrected chi connectivity index (χ0v) is 10.3. The fourth-order valence-corrected chi connectivity index (χ4v) is 1.81. The highest BCUT2D eigenvalue weighted by atomic mass is 15.5. The Morgan fingerprint density at radius 3 is 2.50 bits per heavy atom. The first-order chi connectivity index (χ1) is 7.77. The molecule has 1 aromatic heterocycles. The smallest absolute Gasteiger partial charge is 0.139 e. The highest BCUT2D eigenvalue weighted by Gasteiger charge is 2.11. The molecule has 1 rings (SSSR count). The quantitative estimate of drug-likeness (QED) is 0.735. The van der Waals surface area contributed by atoms with Gasteiger partial charge in [-0.05, 0) is 18.8 Å². The molecule has 0 bridgehead atoms.